The van der Waals surface area contributed by atoms with Crippen LogP contribution in [-0.2, 0) is 11.3 Å². The summed E-state index contributed by atoms with van der Waals surface area (Å²) in [5.74, 6) is 0.994. The molecule has 1 saturated heterocycles. The van der Waals surface area contributed by atoms with Crippen molar-refractivity contribution < 1.29 is 9.32 Å². The molecule has 1 unspecified atom stereocenters. The molecule has 2 aromatic rings. The van der Waals surface area contributed by atoms with Crippen LogP contribution in [0.3, 0.4) is 0 Å². The number of halogens is 1. The van der Waals surface area contributed by atoms with E-state index in [0.29, 0.717) is 23.3 Å². The third-order valence-electron chi connectivity index (χ3n) is 3.74. The van der Waals surface area contributed by atoms with Crippen LogP contribution in [0.15, 0.2) is 28.8 Å². The van der Waals surface area contributed by atoms with Gasteiger partial charge in [-0.2, -0.15) is 4.98 Å². The fraction of sp³-hybridized carbons (Fsp3) is 0.400. The highest BCUT2D eigenvalue weighted by atomic mass is 35.5. The number of benzene rings is 1. The quantitative estimate of drug-likeness (QED) is 0.813. The Morgan fingerprint density at radius 3 is 3.05 bits per heavy atom. The largest absolute Gasteiger partial charge is 0.338 e. The first-order chi connectivity index (χ1) is 10.3. The fourth-order valence-electron chi connectivity index (χ4n) is 2.61. The summed E-state index contributed by atoms with van der Waals surface area (Å²) in [7, 11) is 0. The molecule has 5 nitrogen and oxygen atoms in total. The smallest absolute Gasteiger partial charge is 0.241 e. The molecule has 3 rings (SSSR count). The predicted octanol–water partition coefficient (Wildman–Crippen LogP) is 2.94. The highest BCUT2D eigenvalue weighted by molar-refractivity contribution is 6.33. The third kappa shape index (κ3) is 3.14. The van der Waals surface area contributed by atoms with E-state index in [0.717, 1.165) is 37.7 Å². The van der Waals surface area contributed by atoms with Crippen LogP contribution < -0.4 is 0 Å². The van der Waals surface area contributed by atoms with Crippen molar-refractivity contribution in [2.24, 2.45) is 0 Å². The lowest BCUT2D eigenvalue weighted by atomic mass is 10.0. The van der Waals surface area contributed by atoms with E-state index in [9.17, 15) is 4.79 Å². The number of rotatable bonds is 4. The van der Waals surface area contributed by atoms with E-state index >= 15 is 0 Å². The first-order valence-corrected chi connectivity index (χ1v) is 7.42. The number of piperidine rings is 1. The summed E-state index contributed by atoms with van der Waals surface area (Å²) in [6.45, 7) is 1.38. The number of likely N-dealkylation sites (tertiary alicyclic amines) is 1. The molecule has 110 valence electrons. The van der Waals surface area contributed by atoms with Gasteiger partial charge in [0.1, 0.15) is 6.29 Å². The molecule has 1 aliphatic rings. The molecule has 0 radical (unpaired) electrons. The fourth-order valence-corrected chi connectivity index (χ4v) is 2.83. The van der Waals surface area contributed by atoms with Crippen LogP contribution in [0, 0.1) is 0 Å². The molecule has 0 N–H and O–H groups in total. The first kappa shape index (κ1) is 14.2. The zero-order valence-electron chi connectivity index (χ0n) is 11.5. The Bertz CT molecular complexity index is 629. The number of carbonyl (C=O) groups excluding carboxylic acids is 1. The van der Waals surface area contributed by atoms with Crippen molar-refractivity contribution >= 4 is 17.9 Å². The minimum absolute atomic E-state index is 0.0468. The maximum Gasteiger partial charge on any atom is 0.241 e. The van der Waals surface area contributed by atoms with Crippen LogP contribution in [0.25, 0.3) is 11.4 Å². The molecule has 1 atom stereocenters. The first-order valence-electron chi connectivity index (χ1n) is 7.05. The number of hydrogen-bond acceptors (Lipinski definition) is 5. The van der Waals surface area contributed by atoms with Gasteiger partial charge in [-0.1, -0.05) is 35.3 Å². The van der Waals surface area contributed by atoms with Gasteiger partial charge in [0.25, 0.3) is 0 Å². The number of aromatic nitrogens is 2. The molecule has 1 fully saturated rings. The highest BCUT2D eigenvalue weighted by Crippen LogP contribution is 2.25. The van der Waals surface area contributed by atoms with E-state index in [2.05, 4.69) is 15.0 Å². The van der Waals surface area contributed by atoms with Gasteiger partial charge in [0, 0.05) is 5.56 Å². The molecule has 6 heteroatoms. The van der Waals surface area contributed by atoms with Crippen LogP contribution in [-0.4, -0.2) is 33.9 Å². The number of aldehydes is 1. The average Bonchev–Trinajstić information content (AvgIpc) is 2.96. The topological polar surface area (TPSA) is 59.2 Å². The summed E-state index contributed by atoms with van der Waals surface area (Å²) >= 11 is 6.13. The predicted molar refractivity (Wildman–Crippen MR) is 78.9 cm³/mol. The van der Waals surface area contributed by atoms with Crippen LogP contribution in [0.4, 0.5) is 0 Å². The van der Waals surface area contributed by atoms with Gasteiger partial charge in [-0.3, -0.25) is 4.90 Å². The van der Waals surface area contributed by atoms with Gasteiger partial charge in [0.15, 0.2) is 0 Å². The van der Waals surface area contributed by atoms with Gasteiger partial charge >= 0.3 is 0 Å². The lowest BCUT2D eigenvalue weighted by Gasteiger charge is -2.30. The summed E-state index contributed by atoms with van der Waals surface area (Å²) in [5.41, 5.74) is 0.750. The molecule has 1 aliphatic heterocycles. The van der Waals surface area contributed by atoms with Gasteiger partial charge in [-0.25, -0.2) is 0 Å². The SMILES string of the molecule is O=CC1CCCCN1Cc1nc(-c2ccccc2Cl)no1. The molecule has 0 spiro atoms. The minimum Gasteiger partial charge on any atom is -0.338 e. The summed E-state index contributed by atoms with van der Waals surface area (Å²) in [4.78, 5) is 17.6. The van der Waals surface area contributed by atoms with Gasteiger partial charge in [0.2, 0.25) is 11.7 Å². The van der Waals surface area contributed by atoms with Gasteiger partial charge in [-0.05, 0) is 31.5 Å². The Morgan fingerprint density at radius 2 is 2.24 bits per heavy atom. The normalized spacial score (nSPS) is 19.6. The van der Waals surface area contributed by atoms with Crippen molar-refractivity contribution in [1.82, 2.24) is 15.0 Å². The molecule has 1 aromatic carbocycles. The number of nitrogens with zero attached hydrogens (tertiary/aromatic N) is 3. The second-order valence-corrected chi connectivity index (χ2v) is 5.57. The maximum absolute atomic E-state index is 11.1. The van der Waals surface area contributed by atoms with E-state index in [1.165, 1.54) is 0 Å². The molecule has 1 aromatic heterocycles. The summed E-state index contributed by atoms with van der Waals surface area (Å²) in [5, 5.41) is 4.57. The van der Waals surface area contributed by atoms with Crippen molar-refractivity contribution in [3.63, 3.8) is 0 Å². The molecule has 21 heavy (non-hydrogen) atoms. The highest BCUT2D eigenvalue weighted by Gasteiger charge is 2.24. The van der Waals surface area contributed by atoms with Crippen LogP contribution >= 0.6 is 11.6 Å². The summed E-state index contributed by atoms with van der Waals surface area (Å²) < 4.78 is 5.29. The molecular weight excluding hydrogens is 290 g/mol. The van der Waals surface area contributed by atoms with Gasteiger partial charge in [0.05, 0.1) is 17.6 Å². The summed E-state index contributed by atoms with van der Waals surface area (Å²) in [6.07, 6.45) is 4.09. The third-order valence-corrected chi connectivity index (χ3v) is 4.07. The van der Waals surface area contributed by atoms with E-state index in [1.54, 1.807) is 6.07 Å². The van der Waals surface area contributed by atoms with E-state index in [1.807, 2.05) is 18.2 Å². The Hall–Kier alpha value is -1.72. The molecule has 0 bridgehead atoms. The number of hydrogen-bond donors (Lipinski definition) is 0. The maximum atomic E-state index is 11.1. The molecule has 0 saturated carbocycles. The molecular formula is C15H16ClN3O2. The van der Waals surface area contributed by atoms with Crippen LogP contribution in [0.5, 0.6) is 0 Å². The monoisotopic (exact) mass is 305 g/mol. The Morgan fingerprint density at radius 1 is 1.38 bits per heavy atom. The van der Waals surface area contributed by atoms with E-state index in [-0.39, 0.29) is 6.04 Å². The minimum atomic E-state index is -0.0468. The van der Waals surface area contributed by atoms with Crippen molar-refractivity contribution in [3.05, 3.63) is 35.2 Å². The van der Waals surface area contributed by atoms with Gasteiger partial charge in [-0.15, -0.1) is 0 Å². The second kappa shape index (κ2) is 6.37. The average molecular weight is 306 g/mol. The molecule has 0 aliphatic carbocycles. The zero-order valence-corrected chi connectivity index (χ0v) is 12.3. The van der Waals surface area contributed by atoms with Crippen LogP contribution in [0.2, 0.25) is 5.02 Å². The van der Waals surface area contributed by atoms with Gasteiger partial charge < -0.3 is 9.32 Å². The Kier molecular flexibility index (Phi) is 4.31. The van der Waals surface area contributed by atoms with Crippen molar-refractivity contribution in [2.45, 2.75) is 31.8 Å². The second-order valence-electron chi connectivity index (χ2n) is 5.16. The lowest BCUT2D eigenvalue weighted by Crippen LogP contribution is -2.39. The van der Waals surface area contributed by atoms with Crippen LogP contribution in [0.1, 0.15) is 25.2 Å². The molecule has 0 amide bonds. The molecule has 2 heterocycles. The van der Waals surface area contributed by atoms with Crippen molar-refractivity contribution in [3.8, 4) is 11.4 Å². The summed E-state index contributed by atoms with van der Waals surface area (Å²) in [6, 6.07) is 7.33. The van der Waals surface area contributed by atoms with Crippen molar-refractivity contribution in [1.29, 1.82) is 0 Å². The van der Waals surface area contributed by atoms with E-state index < -0.39 is 0 Å². The Labute approximate surface area is 127 Å². The lowest BCUT2D eigenvalue weighted by molar-refractivity contribution is -0.113. The van der Waals surface area contributed by atoms with E-state index in [4.69, 9.17) is 16.1 Å². The number of carbonyl (C=O) groups is 1. The zero-order chi connectivity index (χ0) is 14.7. The van der Waals surface area contributed by atoms with Crippen molar-refractivity contribution in [2.75, 3.05) is 6.54 Å². The Balaban J connectivity index is 1.76. The standard InChI is InChI=1S/C15H16ClN3O2/c16-13-7-2-1-6-12(13)15-17-14(21-18-15)9-19-8-4-3-5-11(19)10-20/h1-2,6-7,10-11H,3-5,8-9H2.